The minimum atomic E-state index is 0. The van der Waals surface area contributed by atoms with Gasteiger partial charge in [-0.15, -0.1) is 0 Å². The third-order valence-corrected chi connectivity index (χ3v) is 1.56. The Morgan fingerprint density at radius 3 is 2.09 bits per heavy atom. The Morgan fingerprint density at radius 1 is 1.18 bits per heavy atom. The number of hydrogen-bond acceptors (Lipinski definition) is 1. The van der Waals surface area contributed by atoms with Gasteiger partial charge in [-0.2, -0.15) is 0 Å². The second-order valence-electron chi connectivity index (χ2n) is 2.71. The van der Waals surface area contributed by atoms with E-state index in [1.807, 2.05) is 18.2 Å². The molecule has 0 saturated carbocycles. The van der Waals surface area contributed by atoms with Crippen molar-refractivity contribution < 1.29 is 10.6 Å². The Kier molecular flexibility index (Phi) is 3.61. The number of hydrogen-bond donors (Lipinski definition) is 1. The van der Waals surface area contributed by atoms with Crippen molar-refractivity contribution in [1.29, 1.82) is 0 Å². The molecule has 0 atom stereocenters. The number of phenolic OH excluding ortho intramolecular Hbond substituents is 1. The van der Waals surface area contributed by atoms with Crippen molar-refractivity contribution in [2.75, 3.05) is 0 Å². The van der Waals surface area contributed by atoms with E-state index in [1.165, 1.54) is 0 Å². The Labute approximate surface area is 66.8 Å². The number of para-hydroxylation sites is 1. The van der Waals surface area contributed by atoms with Crippen LogP contribution >= 0.6 is 0 Å². The van der Waals surface area contributed by atoms with Gasteiger partial charge in [0.25, 0.3) is 0 Å². The molecule has 11 heavy (non-hydrogen) atoms. The zero-order valence-electron chi connectivity index (χ0n) is 6.83. The predicted octanol–water partition coefficient (Wildman–Crippen LogP) is 1.69. The fourth-order valence-electron chi connectivity index (χ4n) is 0.976. The van der Waals surface area contributed by atoms with Gasteiger partial charge in [-0.3, -0.25) is 0 Å². The molecule has 1 aromatic rings. The van der Waals surface area contributed by atoms with E-state index in [-0.39, 0.29) is 5.48 Å². The maximum absolute atomic E-state index is 9.28. The summed E-state index contributed by atoms with van der Waals surface area (Å²) >= 11 is 0. The molecule has 2 heteroatoms. The van der Waals surface area contributed by atoms with Crippen molar-refractivity contribution in [3.05, 3.63) is 29.8 Å². The molecule has 0 aromatic heterocycles. The van der Waals surface area contributed by atoms with E-state index < -0.39 is 0 Å². The van der Waals surface area contributed by atoms with Crippen molar-refractivity contribution in [2.24, 2.45) is 0 Å². The molecule has 0 spiro atoms. The minimum Gasteiger partial charge on any atom is -0.508 e. The Balaban J connectivity index is 0.000001000. The Bertz CT molecular complexity index is 219. The van der Waals surface area contributed by atoms with Gasteiger partial charge in [0.05, 0.1) is 0 Å². The summed E-state index contributed by atoms with van der Waals surface area (Å²) in [5.74, 6) is 0.804. The van der Waals surface area contributed by atoms with Crippen LogP contribution in [0.25, 0.3) is 0 Å². The van der Waals surface area contributed by atoms with Gasteiger partial charge < -0.3 is 10.6 Å². The summed E-state index contributed by atoms with van der Waals surface area (Å²) < 4.78 is 0. The highest BCUT2D eigenvalue weighted by molar-refractivity contribution is 5.33. The van der Waals surface area contributed by atoms with Crippen molar-refractivity contribution in [3.63, 3.8) is 0 Å². The molecule has 0 unspecified atom stereocenters. The summed E-state index contributed by atoms with van der Waals surface area (Å²) in [6, 6.07) is 7.44. The van der Waals surface area contributed by atoms with Gasteiger partial charge in [0.1, 0.15) is 5.75 Å². The lowest BCUT2D eigenvalue weighted by molar-refractivity contribution is 0.465. The third-order valence-electron chi connectivity index (χ3n) is 1.56. The SMILES string of the molecule is CC(C)c1ccccc1O.O. The summed E-state index contributed by atoms with van der Waals surface area (Å²) in [7, 11) is 0. The first-order valence-corrected chi connectivity index (χ1v) is 3.49. The van der Waals surface area contributed by atoms with Crippen LogP contribution in [-0.2, 0) is 0 Å². The molecular formula is C9H14O2. The van der Waals surface area contributed by atoms with E-state index in [4.69, 9.17) is 0 Å². The van der Waals surface area contributed by atoms with Gasteiger partial charge >= 0.3 is 0 Å². The van der Waals surface area contributed by atoms with Gasteiger partial charge in [0.15, 0.2) is 0 Å². The molecule has 62 valence electrons. The number of benzene rings is 1. The van der Waals surface area contributed by atoms with Gasteiger partial charge in [-0.25, -0.2) is 0 Å². The van der Waals surface area contributed by atoms with Crippen LogP contribution in [0.1, 0.15) is 25.3 Å². The first-order chi connectivity index (χ1) is 4.72. The average molecular weight is 154 g/mol. The number of rotatable bonds is 1. The van der Waals surface area contributed by atoms with Crippen molar-refractivity contribution in [1.82, 2.24) is 0 Å². The molecule has 0 heterocycles. The fraction of sp³-hybridized carbons (Fsp3) is 0.333. The molecule has 3 N–H and O–H groups in total. The second kappa shape index (κ2) is 3.98. The molecule has 0 amide bonds. The van der Waals surface area contributed by atoms with Crippen LogP contribution in [0.15, 0.2) is 24.3 Å². The highest BCUT2D eigenvalue weighted by Gasteiger charge is 2.01. The Morgan fingerprint density at radius 2 is 1.73 bits per heavy atom. The van der Waals surface area contributed by atoms with Gasteiger partial charge in [-0.1, -0.05) is 32.0 Å². The topological polar surface area (TPSA) is 51.7 Å². The summed E-state index contributed by atoms with van der Waals surface area (Å²) in [4.78, 5) is 0. The zero-order valence-corrected chi connectivity index (χ0v) is 6.83. The molecule has 1 rings (SSSR count). The van der Waals surface area contributed by atoms with E-state index in [1.54, 1.807) is 6.07 Å². The number of aromatic hydroxyl groups is 1. The van der Waals surface area contributed by atoms with Crippen LogP contribution < -0.4 is 0 Å². The van der Waals surface area contributed by atoms with E-state index in [2.05, 4.69) is 13.8 Å². The number of phenols is 1. The Hall–Kier alpha value is -1.02. The van der Waals surface area contributed by atoms with Gasteiger partial charge in [0, 0.05) is 0 Å². The molecule has 0 aliphatic rings. The highest BCUT2D eigenvalue weighted by Crippen LogP contribution is 2.23. The van der Waals surface area contributed by atoms with Crippen LogP contribution in [0.2, 0.25) is 0 Å². The first kappa shape index (κ1) is 9.98. The smallest absolute Gasteiger partial charge is 0.119 e. The highest BCUT2D eigenvalue weighted by atomic mass is 16.3. The minimum absolute atomic E-state index is 0. The summed E-state index contributed by atoms with van der Waals surface area (Å²) in [5.41, 5.74) is 1.02. The van der Waals surface area contributed by atoms with E-state index >= 15 is 0 Å². The quantitative estimate of drug-likeness (QED) is 0.657. The lowest BCUT2D eigenvalue weighted by atomic mass is 10.0. The summed E-state index contributed by atoms with van der Waals surface area (Å²) in [6.07, 6.45) is 0. The van der Waals surface area contributed by atoms with Gasteiger partial charge in [0.2, 0.25) is 0 Å². The predicted molar refractivity (Wildman–Crippen MR) is 45.8 cm³/mol. The third kappa shape index (κ3) is 2.24. The lowest BCUT2D eigenvalue weighted by Gasteiger charge is -2.05. The van der Waals surface area contributed by atoms with Crippen LogP contribution in [0.5, 0.6) is 5.75 Å². The van der Waals surface area contributed by atoms with Gasteiger partial charge in [-0.05, 0) is 17.5 Å². The maximum Gasteiger partial charge on any atom is 0.119 e. The van der Waals surface area contributed by atoms with Crippen LogP contribution in [-0.4, -0.2) is 10.6 Å². The first-order valence-electron chi connectivity index (χ1n) is 3.49. The molecule has 2 nitrogen and oxygen atoms in total. The van der Waals surface area contributed by atoms with Crippen LogP contribution in [0.4, 0.5) is 0 Å². The van der Waals surface area contributed by atoms with Crippen molar-refractivity contribution in [3.8, 4) is 5.75 Å². The van der Waals surface area contributed by atoms with Crippen LogP contribution in [0.3, 0.4) is 0 Å². The summed E-state index contributed by atoms with van der Waals surface area (Å²) in [5, 5.41) is 9.28. The molecule has 0 bridgehead atoms. The standard InChI is InChI=1S/C9H12O.H2O/c1-7(2)8-5-3-4-6-9(8)10;/h3-7,10H,1-2H3;1H2. The van der Waals surface area contributed by atoms with Crippen LogP contribution in [0, 0.1) is 0 Å². The largest absolute Gasteiger partial charge is 0.508 e. The lowest BCUT2D eigenvalue weighted by Crippen LogP contribution is -1.85. The van der Waals surface area contributed by atoms with E-state index in [0.29, 0.717) is 11.7 Å². The molecule has 0 aliphatic carbocycles. The molecule has 1 aromatic carbocycles. The molecule has 0 aliphatic heterocycles. The zero-order chi connectivity index (χ0) is 7.56. The normalized spacial score (nSPS) is 9.36. The summed E-state index contributed by atoms with van der Waals surface area (Å²) in [6.45, 7) is 4.13. The maximum atomic E-state index is 9.28. The van der Waals surface area contributed by atoms with E-state index in [0.717, 1.165) is 5.56 Å². The second-order valence-corrected chi connectivity index (χ2v) is 2.71. The molecule has 0 fully saturated rings. The molecular weight excluding hydrogens is 140 g/mol. The molecule has 0 radical (unpaired) electrons. The van der Waals surface area contributed by atoms with E-state index in [9.17, 15) is 5.11 Å². The van der Waals surface area contributed by atoms with Crippen molar-refractivity contribution >= 4 is 0 Å². The van der Waals surface area contributed by atoms with Crippen molar-refractivity contribution in [2.45, 2.75) is 19.8 Å². The molecule has 0 saturated heterocycles. The monoisotopic (exact) mass is 154 g/mol. The fourth-order valence-corrected chi connectivity index (χ4v) is 0.976. The average Bonchev–Trinajstić information content (AvgIpc) is 1.88.